The van der Waals surface area contributed by atoms with Gasteiger partial charge in [0.2, 0.25) is 5.91 Å². The van der Waals surface area contributed by atoms with Gasteiger partial charge in [0.1, 0.15) is 5.54 Å². The lowest BCUT2D eigenvalue weighted by molar-refractivity contribution is -0.150. The van der Waals surface area contributed by atoms with Gasteiger partial charge in [-0.25, -0.2) is 0 Å². The zero-order valence-electron chi connectivity index (χ0n) is 12.3. The maximum absolute atomic E-state index is 12.1. The van der Waals surface area contributed by atoms with Crippen LogP contribution in [0.2, 0.25) is 0 Å². The fourth-order valence-electron chi connectivity index (χ4n) is 2.98. The van der Waals surface area contributed by atoms with Gasteiger partial charge in [0, 0.05) is 6.54 Å². The lowest BCUT2D eigenvalue weighted by atomic mass is 9.93. The van der Waals surface area contributed by atoms with Crippen molar-refractivity contribution in [2.45, 2.75) is 38.3 Å². The summed E-state index contributed by atoms with van der Waals surface area (Å²) in [6, 6.07) is 9.68. The van der Waals surface area contributed by atoms with Gasteiger partial charge >= 0.3 is 5.97 Å². The smallest absolute Gasteiger partial charge is 0.324 e. The largest absolute Gasteiger partial charge is 0.480 e. The maximum atomic E-state index is 12.1. The molecule has 2 rings (SSSR count). The molecule has 5 nitrogen and oxygen atoms in total. The molecule has 0 radical (unpaired) electrons. The number of benzene rings is 1. The number of carbonyl (C=O) groups excluding carboxylic acids is 1. The topological polar surface area (TPSA) is 69.6 Å². The molecule has 2 N–H and O–H groups in total. The van der Waals surface area contributed by atoms with Crippen molar-refractivity contribution in [2.24, 2.45) is 0 Å². The van der Waals surface area contributed by atoms with Crippen LogP contribution in [0.15, 0.2) is 30.3 Å². The number of hydrogen-bond acceptors (Lipinski definition) is 3. The van der Waals surface area contributed by atoms with Crippen molar-refractivity contribution in [3.8, 4) is 0 Å². The lowest BCUT2D eigenvalue weighted by Crippen LogP contribution is -2.53. The minimum atomic E-state index is -0.871. The summed E-state index contributed by atoms with van der Waals surface area (Å²) < 4.78 is 0. The Morgan fingerprint density at radius 1 is 1.33 bits per heavy atom. The van der Waals surface area contributed by atoms with Crippen LogP contribution in [-0.2, 0) is 16.1 Å². The molecule has 1 aliphatic rings. The first-order chi connectivity index (χ1) is 10.1. The third-order valence-electron chi connectivity index (χ3n) is 4.27. The second-order valence-corrected chi connectivity index (χ2v) is 5.48. The zero-order chi connectivity index (χ0) is 15.3. The van der Waals surface area contributed by atoms with Crippen LogP contribution in [0.5, 0.6) is 0 Å². The van der Waals surface area contributed by atoms with Crippen LogP contribution in [0.4, 0.5) is 0 Å². The van der Waals surface area contributed by atoms with Crippen molar-refractivity contribution in [2.75, 3.05) is 13.1 Å². The van der Waals surface area contributed by atoms with Crippen molar-refractivity contribution in [1.29, 1.82) is 0 Å². The predicted octanol–water partition coefficient (Wildman–Crippen LogP) is 1.63. The third-order valence-corrected chi connectivity index (χ3v) is 4.27. The maximum Gasteiger partial charge on any atom is 0.324 e. The number of carboxylic acid groups (broad SMARTS) is 1. The van der Waals surface area contributed by atoms with Crippen LogP contribution >= 0.6 is 0 Å². The normalized spacial score (nSPS) is 22.1. The van der Waals surface area contributed by atoms with E-state index in [4.69, 9.17) is 0 Å². The number of carbonyl (C=O) groups is 2. The highest BCUT2D eigenvalue weighted by Crippen LogP contribution is 2.32. The number of aliphatic carboxylic acids is 1. The van der Waals surface area contributed by atoms with Gasteiger partial charge in [-0.2, -0.15) is 0 Å². The molecule has 0 bridgehead atoms. The first-order valence-electron chi connectivity index (χ1n) is 7.37. The standard InChI is InChI=1S/C16H22N2O3/c1-2-16(15(20)21)9-6-10-18(16)12-14(19)17-11-13-7-4-3-5-8-13/h3-5,7-8H,2,6,9-12H2,1H3,(H,17,19)(H,20,21). The highest BCUT2D eigenvalue weighted by Gasteiger charge is 2.46. The summed E-state index contributed by atoms with van der Waals surface area (Å²) >= 11 is 0. The van der Waals surface area contributed by atoms with Crippen molar-refractivity contribution in [3.63, 3.8) is 0 Å². The van der Waals surface area contributed by atoms with Crippen molar-refractivity contribution >= 4 is 11.9 Å². The molecule has 1 fully saturated rings. The lowest BCUT2D eigenvalue weighted by Gasteiger charge is -2.33. The molecule has 0 spiro atoms. The molecule has 1 atom stereocenters. The number of nitrogens with zero attached hydrogens (tertiary/aromatic N) is 1. The van der Waals surface area contributed by atoms with Gasteiger partial charge in [-0.1, -0.05) is 37.3 Å². The van der Waals surface area contributed by atoms with Crippen LogP contribution in [0.3, 0.4) is 0 Å². The summed E-state index contributed by atoms with van der Waals surface area (Å²) in [6.07, 6.45) is 1.96. The summed E-state index contributed by atoms with van der Waals surface area (Å²) in [7, 11) is 0. The zero-order valence-corrected chi connectivity index (χ0v) is 12.3. The summed E-state index contributed by atoms with van der Waals surface area (Å²) in [5.41, 5.74) is 0.164. The number of carboxylic acids is 1. The average Bonchev–Trinajstić information content (AvgIpc) is 2.90. The van der Waals surface area contributed by atoms with E-state index in [0.717, 1.165) is 12.0 Å². The Morgan fingerprint density at radius 2 is 2.05 bits per heavy atom. The van der Waals surface area contributed by atoms with Crippen molar-refractivity contribution in [1.82, 2.24) is 10.2 Å². The number of likely N-dealkylation sites (tertiary alicyclic amines) is 1. The van der Waals surface area contributed by atoms with E-state index in [2.05, 4.69) is 5.32 Å². The number of hydrogen-bond donors (Lipinski definition) is 2. The molecule has 1 aromatic rings. The Kier molecular flexibility index (Phi) is 4.96. The molecule has 0 saturated carbocycles. The first kappa shape index (κ1) is 15.5. The highest BCUT2D eigenvalue weighted by molar-refractivity contribution is 5.82. The molecule has 0 aliphatic carbocycles. The Morgan fingerprint density at radius 3 is 2.67 bits per heavy atom. The molecule has 1 unspecified atom stereocenters. The van der Waals surface area contributed by atoms with E-state index in [9.17, 15) is 14.7 Å². The summed E-state index contributed by atoms with van der Waals surface area (Å²) in [4.78, 5) is 25.4. The van der Waals surface area contributed by atoms with Crippen LogP contribution < -0.4 is 5.32 Å². The van der Waals surface area contributed by atoms with E-state index < -0.39 is 11.5 Å². The molecular formula is C16H22N2O3. The van der Waals surface area contributed by atoms with Crippen LogP contribution in [0.1, 0.15) is 31.7 Å². The van der Waals surface area contributed by atoms with Gasteiger partial charge in [-0.3, -0.25) is 14.5 Å². The minimum absolute atomic E-state index is 0.125. The molecule has 1 saturated heterocycles. The third kappa shape index (κ3) is 3.42. The van der Waals surface area contributed by atoms with E-state index in [0.29, 0.717) is 25.9 Å². The van der Waals surface area contributed by atoms with Crippen LogP contribution in [-0.4, -0.2) is 40.5 Å². The van der Waals surface area contributed by atoms with Gasteiger partial charge in [0.15, 0.2) is 0 Å². The quantitative estimate of drug-likeness (QED) is 0.835. The molecule has 1 amide bonds. The average molecular weight is 290 g/mol. The molecule has 1 aliphatic heterocycles. The second kappa shape index (κ2) is 6.72. The molecule has 0 aromatic heterocycles. The predicted molar refractivity (Wildman–Crippen MR) is 79.8 cm³/mol. The number of nitrogens with one attached hydrogen (secondary N) is 1. The fourth-order valence-corrected chi connectivity index (χ4v) is 2.98. The number of amides is 1. The van der Waals surface area contributed by atoms with Gasteiger partial charge < -0.3 is 10.4 Å². The molecule has 21 heavy (non-hydrogen) atoms. The molecule has 1 heterocycles. The van der Waals surface area contributed by atoms with Crippen LogP contribution in [0, 0.1) is 0 Å². The van der Waals surface area contributed by atoms with E-state index in [1.54, 1.807) is 4.90 Å². The monoisotopic (exact) mass is 290 g/mol. The minimum Gasteiger partial charge on any atom is -0.480 e. The Hall–Kier alpha value is -1.88. The molecule has 114 valence electrons. The molecular weight excluding hydrogens is 268 g/mol. The van der Waals surface area contributed by atoms with E-state index in [-0.39, 0.29) is 12.5 Å². The number of rotatable bonds is 6. The van der Waals surface area contributed by atoms with Gasteiger partial charge in [0.05, 0.1) is 6.54 Å². The summed E-state index contributed by atoms with van der Waals surface area (Å²) in [5, 5.41) is 12.3. The second-order valence-electron chi connectivity index (χ2n) is 5.48. The van der Waals surface area contributed by atoms with Crippen molar-refractivity contribution < 1.29 is 14.7 Å². The Bertz CT molecular complexity index is 504. The highest BCUT2D eigenvalue weighted by atomic mass is 16.4. The van der Waals surface area contributed by atoms with Gasteiger partial charge in [-0.15, -0.1) is 0 Å². The van der Waals surface area contributed by atoms with Crippen LogP contribution in [0.25, 0.3) is 0 Å². The van der Waals surface area contributed by atoms with Crippen molar-refractivity contribution in [3.05, 3.63) is 35.9 Å². The molecule has 1 aromatic carbocycles. The van der Waals surface area contributed by atoms with E-state index >= 15 is 0 Å². The van der Waals surface area contributed by atoms with Gasteiger partial charge in [-0.05, 0) is 31.4 Å². The summed E-state index contributed by atoms with van der Waals surface area (Å²) in [5.74, 6) is -0.946. The first-order valence-corrected chi connectivity index (χ1v) is 7.37. The Labute approximate surface area is 125 Å². The molecule has 5 heteroatoms. The summed E-state index contributed by atoms with van der Waals surface area (Å²) in [6.45, 7) is 3.15. The SMILES string of the molecule is CCC1(C(=O)O)CCCN1CC(=O)NCc1ccccc1. The van der Waals surface area contributed by atoms with E-state index in [1.807, 2.05) is 37.3 Å². The van der Waals surface area contributed by atoms with Gasteiger partial charge in [0.25, 0.3) is 0 Å². The van der Waals surface area contributed by atoms with E-state index in [1.165, 1.54) is 0 Å². The Balaban J connectivity index is 1.91. The fraction of sp³-hybridized carbons (Fsp3) is 0.500.